The molecule has 34 heavy (non-hydrogen) atoms. The molecule has 4 rings (SSSR count). The third-order valence-corrected chi connectivity index (χ3v) is 6.46. The van der Waals surface area contributed by atoms with E-state index in [1.165, 1.54) is 24.4 Å². The Balaban J connectivity index is 1.78. The summed E-state index contributed by atoms with van der Waals surface area (Å²) < 4.78 is 28.7. The van der Waals surface area contributed by atoms with Crippen LogP contribution in [0, 0.1) is 17.6 Å². The van der Waals surface area contributed by atoms with E-state index in [-0.39, 0.29) is 35.4 Å². The van der Waals surface area contributed by atoms with Crippen LogP contribution in [-0.4, -0.2) is 44.3 Å². The Morgan fingerprint density at radius 1 is 1.21 bits per heavy atom. The molecule has 0 saturated carbocycles. The van der Waals surface area contributed by atoms with Crippen LogP contribution in [0.1, 0.15) is 60.5 Å². The Kier molecular flexibility index (Phi) is 6.92. The number of carbonyl (C=O) groups excluding carboxylic acids is 1. The largest absolute Gasteiger partial charge is 0.396 e. The van der Waals surface area contributed by atoms with Crippen molar-refractivity contribution >= 4 is 5.91 Å². The van der Waals surface area contributed by atoms with Gasteiger partial charge in [0.05, 0.1) is 34.3 Å². The number of fused-ring (bicyclic) bond motifs is 1. The number of aliphatic hydroxyl groups is 1. The predicted octanol–water partition coefficient (Wildman–Crippen LogP) is 3.60. The standard InChI is InChI=1S/C25H27F2N5O2/c1-15(2)25(21-14-28-13-20(30-21)24(34)29-10-5-11-33)9-4-6-16-12-19(31-32-23(16)25)22-17(26)7-3-8-18(22)27/h3,7-8,12-15,33H,4-6,9-11H2,1-2H3,(H,29,34)/t25-/m0/s1. The molecule has 3 aromatic rings. The second-order valence-electron chi connectivity index (χ2n) is 8.80. The Bertz CT molecular complexity index is 1180. The Hall–Kier alpha value is -3.33. The zero-order chi connectivity index (χ0) is 24.3. The summed E-state index contributed by atoms with van der Waals surface area (Å²) >= 11 is 0. The molecule has 0 fully saturated rings. The average molecular weight is 468 g/mol. The number of rotatable bonds is 7. The summed E-state index contributed by atoms with van der Waals surface area (Å²) in [6.07, 6.45) is 5.73. The summed E-state index contributed by atoms with van der Waals surface area (Å²) in [5, 5.41) is 20.4. The molecule has 2 N–H and O–H groups in total. The number of hydrogen-bond acceptors (Lipinski definition) is 6. The predicted molar refractivity (Wildman–Crippen MR) is 122 cm³/mol. The maximum absolute atomic E-state index is 14.4. The Morgan fingerprint density at radius 2 is 1.97 bits per heavy atom. The smallest absolute Gasteiger partial charge is 0.271 e. The van der Waals surface area contributed by atoms with Crippen molar-refractivity contribution in [2.45, 2.75) is 44.9 Å². The number of hydrogen-bond donors (Lipinski definition) is 2. The number of nitrogens with one attached hydrogen (secondary N) is 1. The van der Waals surface area contributed by atoms with Gasteiger partial charge in [-0.15, -0.1) is 5.10 Å². The number of amides is 1. The van der Waals surface area contributed by atoms with Crippen molar-refractivity contribution in [1.29, 1.82) is 0 Å². The SMILES string of the molecule is CC(C)[C@]1(c2cncc(C(=O)NCCCO)n2)CCCc2cc(-c3c(F)cccc3F)nnc21. The lowest BCUT2D eigenvalue weighted by Crippen LogP contribution is -2.40. The highest BCUT2D eigenvalue weighted by molar-refractivity contribution is 5.92. The fourth-order valence-electron chi connectivity index (χ4n) is 4.71. The van der Waals surface area contributed by atoms with Crippen molar-refractivity contribution in [3.63, 3.8) is 0 Å². The van der Waals surface area contributed by atoms with Gasteiger partial charge in [-0.25, -0.2) is 13.8 Å². The van der Waals surface area contributed by atoms with E-state index in [1.54, 1.807) is 12.3 Å². The number of nitrogens with zero attached hydrogens (tertiary/aromatic N) is 4. The van der Waals surface area contributed by atoms with Crippen molar-refractivity contribution in [1.82, 2.24) is 25.5 Å². The molecule has 0 radical (unpaired) electrons. The maximum Gasteiger partial charge on any atom is 0.271 e. The van der Waals surface area contributed by atoms with E-state index in [4.69, 9.17) is 5.11 Å². The van der Waals surface area contributed by atoms with Gasteiger partial charge in [-0.1, -0.05) is 19.9 Å². The van der Waals surface area contributed by atoms with E-state index < -0.39 is 17.0 Å². The quantitative estimate of drug-likeness (QED) is 0.515. The van der Waals surface area contributed by atoms with Crippen LogP contribution in [-0.2, 0) is 11.8 Å². The molecule has 2 heterocycles. The van der Waals surface area contributed by atoms with E-state index >= 15 is 0 Å². The summed E-state index contributed by atoms with van der Waals surface area (Å²) in [7, 11) is 0. The lowest BCUT2D eigenvalue weighted by Gasteiger charge is -2.40. The molecule has 0 bridgehead atoms. The molecule has 9 heteroatoms. The van der Waals surface area contributed by atoms with Crippen LogP contribution >= 0.6 is 0 Å². The van der Waals surface area contributed by atoms with Crippen LogP contribution in [0.4, 0.5) is 8.78 Å². The average Bonchev–Trinajstić information content (AvgIpc) is 2.83. The third kappa shape index (κ3) is 4.27. The van der Waals surface area contributed by atoms with E-state index in [9.17, 15) is 13.6 Å². The van der Waals surface area contributed by atoms with E-state index in [1.807, 2.05) is 0 Å². The molecule has 1 amide bonds. The summed E-state index contributed by atoms with van der Waals surface area (Å²) in [6, 6.07) is 5.42. The fourth-order valence-corrected chi connectivity index (χ4v) is 4.71. The van der Waals surface area contributed by atoms with E-state index in [2.05, 4.69) is 39.3 Å². The first-order valence-electron chi connectivity index (χ1n) is 11.4. The number of aliphatic hydroxyl groups excluding tert-OH is 1. The van der Waals surface area contributed by atoms with Gasteiger partial charge < -0.3 is 10.4 Å². The van der Waals surface area contributed by atoms with E-state index in [0.717, 1.165) is 18.4 Å². The molecule has 178 valence electrons. The summed E-state index contributed by atoms with van der Waals surface area (Å²) in [5.41, 5.74) is 1.64. The van der Waals surface area contributed by atoms with Crippen LogP contribution in [0.15, 0.2) is 36.7 Å². The van der Waals surface area contributed by atoms with Crippen LogP contribution in [0.3, 0.4) is 0 Å². The van der Waals surface area contributed by atoms with Gasteiger partial charge in [0.25, 0.3) is 5.91 Å². The van der Waals surface area contributed by atoms with Crippen LogP contribution in [0.25, 0.3) is 11.3 Å². The van der Waals surface area contributed by atoms with Gasteiger partial charge in [0, 0.05) is 19.3 Å². The maximum atomic E-state index is 14.4. The molecule has 0 saturated heterocycles. The summed E-state index contributed by atoms with van der Waals surface area (Å²) in [6.45, 7) is 4.42. The van der Waals surface area contributed by atoms with Gasteiger partial charge in [0.1, 0.15) is 17.3 Å². The lowest BCUT2D eigenvalue weighted by atomic mass is 9.64. The summed E-state index contributed by atoms with van der Waals surface area (Å²) in [4.78, 5) is 21.5. The van der Waals surface area contributed by atoms with Gasteiger partial charge in [-0.3, -0.25) is 9.78 Å². The summed E-state index contributed by atoms with van der Waals surface area (Å²) in [5.74, 6) is -1.70. The fraction of sp³-hybridized carbons (Fsp3) is 0.400. The van der Waals surface area contributed by atoms with Gasteiger partial charge in [0.15, 0.2) is 0 Å². The molecule has 7 nitrogen and oxygen atoms in total. The zero-order valence-electron chi connectivity index (χ0n) is 19.2. The van der Waals surface area contributed by atoms with Gasteiger partial charge in [-0.2, -0.15) is 5.10 Å². The second-order valence-corrected chi connectivity index (χ2v) is 8.80. The van der Waals surface area contributed by atoms with Gasteiger partial charge in [-0.05, 0) is 55.4 Å². The first kappa shape index (κ1) is 23.8. The highest BCUT2D eigenvalue weighted by Gasteiger charge is 2.45. The normalized spacial score (nSPS) is 17.5. The van der Waals surface area contributed by atoms with Crippen molar-refractivity contribution < 1.29 is 18.7 Å². The molecule has 0 unspecified atom stereocenters. The number of halogens is 2. The molecule has 1 aromatic carbocycles. The number of aryl methyl sites for hydroxylation is 1. The Labute approximate surface area is 196 Å². The van der Waals surface area contributed by atoms with E-state index in [0.29, 0.717) is 30.8 Å². The number of aromatic nitrogens is 4. The number of carbonyl (C=O) groups is 1. The lowest BCUT2D eigenvalue weighted by molar-refractivity contribution is 0.0945. The molecule has 1 aliphatic carbocycles. The minimum absolute atomic E-state index is 0.0172. The van der Waals surface area contributed by atoms with Crippen molar-refractivity contribution in [2.75, 3.05) is 13.2 Å². The third-order valence-electron chi connectivity index (χ3n) is 6.46. The minimum atomic E-state index is -0.689. The topological polar surface area (TPSA) is 101 Å². The molecule has 0 aliphatic heterocycles. The minimum Gasteiger partial charge on any atom is -0.396 e. The first-order valence-corrected chi connectivity index (χ1v) is 11.4. The van der Waals surface area contributed by atoms with Gasteiger partial charge >= 0.3 is 0 Å². The number of benzene rings is 1. The molecule has 1 atom stereocenters. The highest BCUT2D eigenvalue weighted by atomic mass is 19.1. The molecule has 1 aliphatic rings. The van der Waals surface area contributed by atoms with Gasteiger partial charge in [0.2, 0.25) is 0 Å². The second kappa shape index (κ2) is 9.89. The molecular formula is C25H27F2N5O2. The van der Waals surface area contributed by atoms with Crippen LogP contribution in [0.2, 0.25) is 0 Å². The van der Waals surface area contributed by atoms with Crippen molar-refractivity contribution in [2.24, 2.45) is 5.92 Å². The zero-order valence-corrected chi connectivity index (χ0v) is 19.2. The highest BCUT2D eigenvalue weighted by Crippen LogP contribution is 2.46. The molecular weight excluding hydrogens is 440 g/mol. The Morgan fingerprint density at radius 3 is 2.68 bits per heavy atom. The molecule has 2 aromatic heterocycles. The van der Waals surface area contributed by atoms with Crippen LogP contribution < -0.4 is 5.32 Å². The first-order chi connectivity index (χ1) is 16.4. The molecule has 0 spiro atoms. The van der Waals surface area contributed by atoms with Crippen molar-refractivity contribution in [3.05, 3.63) is 70.9 Å². The van der Waals surface area contributed by atoms with Crippen LogP contribution in [0.5, 0.6) is 0 Å². The monoisotopic (exact) mass is 467 g/mol. The van der Waals surface area contributed by atoms with Crippen molar-refractivity contribution in [3.8, 4) is 11.3 Å².